The molecule has 1 heterocycles. The summed E-state index contributed by atoms with van der Waals surface area (Å²) in [5, 5.41) is 10.6. The molecule has 112 valence electrons. The Bertz CT molecular complexity index is 742. The smallest absolute Gasteiger partial charge is 0.292 e. The van der Waals surface area contributed by atoms with E-state index in [-0.39, 0.29) is 22.8 Å². The van der Waals surface area contributed by atoms with Crippen LogP contribution >= 0.6 is 0 Å². The quantitative estimate of drug-likeness (QED) is 0.400. The number of benzene rings is 1. The Morgan fingerprint density at radius 1 is 1.43 bits per heavy atom. The Kier molecular flexibility index (Phi) is 4.19. The third-order valence-corrected chi connectivity index (χ3v) is 4.17. The third-order valence-electron chi connectivity index (χ3n) is 2.71. The topological polar surface area (TPSA) is 144 Å². The van der Waals surface area contributed by atoms with Crippen LogP contribution in [-0.4, -0.2) is 29.9 Å². The zero-order chi connectivity index (χ0) is 15.5. The fraction of sp³-hybridized carbons (Fsp3) is 0.182. The first-order valence-corrected chi connectivity index (χ1v) is 7.40. The van der Waals surface area contributed by atoms with Crippen molar-refractivity contribution in [3.05, 3.63) is 46.5 Å². The van der Waals surface area contributed by atoms with Crippen LogP contribution in [0.5, 0.6) is 0 Å². The van der Waals surface area contributed by atoms with Gasteiger partial charge in [0.2, 0.25) is 10.0 Å². The number of nitro benzene ring substituents is 1. The molecule has 0 fully saturated rings. The highest BCUT2D eigenvalue weighted by atomic mass is 32.2. The summed E-state index contributed by atoms with van der Waals surface area (Å²) in [4.78, 5) is 16.7. The second-order valence-corrected chi connectivity index (χ2v) is 5.93. The number of nitrogen functional groups attached to an aromatic ring is 1. The zero-order valence-corrected chi connectivity index (χ0v) is 11.6. The van der Waals surface area contributed by atoms with Gasteiger partial charge in [0.15, 0.2) is 0 Å². The van der Waals surface area contributed by atoms with Crippen molar-refractivity contribution in [1.82, 2.24) is 14.7 Å². The predicted molar refractivity (Wildman–Crippen MR) is 75.0 cm³/mol. The maximum Gasteiger partial charge on any atom is 0.292 e. The Labute approximate surface area is 120 Å². The van der Waals surface area contributed by atoms with Gasteiger partial charge in [-0.1, -0.05) is 0 Å². The number of hydrogen-bond donors (Lipinski definition) is 3. The van der Waals surface area contributed by atoms with Crippen molar-refractivity contribution in [1.29, 1.82) is 0 Å². The van der Waals surface area contributed by atoms with Gasteiger partial charge < -0.3 is 10.7 Å². The fourth-order valence-corrected chi connectivity index (χ4v) is 2.75. The van der Waals surface area contributed by atoms with Crippen molar-refractivity contribution in [2.75, 3.05) is 12.3 Å². The summed E-state index contributed by atoms with van der Waals surface area (Å²) < 4.78 is 26.4. The lowest BCUT2D eigenvalue weighted by Crippen LogP contribution is -2.26. The van der Waals surface area contributed by atoms with Crippen LogP contribution in [0.15, 0.2) is 35.5 Å². The first-order chi connectivity index (χ1) is 9.90. The van der Waals surface area contributed by atoms with Crippen LogP contribution in [-0.2, 0) is 16.4 Å². The lowest BCUT2D eigenvalue weighted by atomic mass is 10.3. The minimum absolute atomic E-state index is 0.120. The molecule has 0 aliphatic rings. The second kappa shape index (κ2) is 5.89. The molecule has 4 N–H and O–H groups in total. The van der Waals surface area contributed by atoms with Crippen LogP contribution in [0.2, 0.25) is 0 Å². The molecular formula is C11H13N5O4S. The number of nitrogens with two attached hydrogens (primary N) is 1. The van der Waals surface area contributed by atoms with Gasteiger partial charge in [-0.15, -0.1) is 0 Å². The van der Waals surface area contributed by atoms with Gasteiger partial charge >= 0.3 is 0 Å². The maximum atomic E-state index is 12.0. The number of nitrogens with one attached hydrogen (secondary N) is 2. The van der Waals surface area contributed by atoms with E-state index < -0.39 is 14.9 Å². The monoisotopic (exact) mass is 311 g/mol. The molecule has 9 nitrogen and oxygen atoms in total. The highest BCUT2D eigenvalue weighted by Gasteiger charge is 2.18. The van der Waals surface area contributed by atoms with Gasteiger partial charge in [0.05, 0.1) is 9.82 Å². The number of rotatable bonds is 6. The highest BCUT2D eigenvalue weighted by molar-refractivity contribution is 7.89. The Hall–Kier alpha value is -2.46. The molecule has 0 radical (unpaired) electrons. The van der Waals surface area contributed by atoms with Gasteiger partial charge in [0, 0.05) is 31.4 Å². The molecule has 21 heavy (non-hydrogen) atoms. The van der Waals surface area contributed by atoms with E-state index in [0.717, 1.165) is 18.2 Å². The number of H-pyrrole nitrogens is 1. The zero-order valence-electron chi connectivity index (χ0n) is 10.8. The fourth-order valence-electron chi connectivity index (χ4n) is 1.69. The van der Waals surface area contributed by atoms with Crippen LogP contribution in [0.25, 0.3) is 0 Å². The minimum Gasteiger partial charge on any atom is -0.393 e. The van der Waals surface area contributed by atoms with E-state index in [9.17, 15) is 18.5 Å². The molecule has 1 aromatic heterocycles. The molecule has 0 saturated heterocycles. The standard InChI is InChI=1S/C11H13N5O4S/c12-9-7-8(1-2-10(9)16(17)18)21(19,20)15-4-3-11-13-5-6-14-11/h1-2,5-7,15H,3-4,12H2,(H,13,14). The molecule has 0 atom stereocenters. The van der Waals surface area contributed by atoms with E-state index in [0.29, 0.717) is 12.2 Å². The molecule has 0 aliphatic carbocycles. The largest absolute Gasteiger partial charge is 0.393 e. The number of nitrogens with zero attached hydrogens (tertiary/aromatic N) is 2. The van der Waals surface area contributed by atoms with Crippen molar-refractivity contribution in [2.24, 2.45) is 0 Å². The van der Waals surface area contributed by atoms with Gasteiger partial charge in [-0.05, 0) is 12.1 Å². The number of imidazole rings is 1. The molecular weight excluding hydrogens is 298 g/mol. The summed E-state index contributed by atoms with van der Waals surface area (Å²) in [6, 6.07) is 3.27. The lowest BCUT2D eigenvalue weighted by molar-refractivity contribution is -0.383. The predicted octanol–water partition coefficient (Wildman–Crippen LogP) is 0.421. The molecule has 0 bridgehead atoms. The van der Waals surface area contributed by atoms with Crippen LogP contribution in [0.3, 0.4) is 0 Å². The first-order valence-electron chi connectivity index (χ1n) is 5.92. The van der Waals surface area contributed by atoms with Crippen LogP contribution in [0, 0.1) is 10.1 Å². The van der Waals surface area contributed by atoms with Crippen molar-refractivity contribution in [3.8, 4) is 0 Å². The van der Waals surface area contributed by atoms with Crippen molar-refractivity contribution >= 4 is 21.4 Å². The first kappa shape index (κ1) is 14.9. The van der Waals surface area contributed by atoms with E-state index in [2.05, 4.69) is 14.7 Å². The normalized spacial score (nSPS) is 11.4. The van der Waals surface area contributed by atoms with Crippen molar-refractivity contribution in [2.45, 2.75) is 11.3 Å². The summed E-state index contributed by atoms with van der Waals surface area (Å²) in [5.41, 5.74) is 4.95. The summed E-state index contributed by atoms with van der Waals surface area (Å²) in [7, 11) is -3.77. The number of aromatic nitrogens is 2. The molecule has 0 spiro atoms. The van der Waals surface area contributed by atoms with E-state index in [4.69, 9.17) is 5.73 Å². The molecule has 0 unspecified atom stereocenters. The molecule has 0 saturated carbocycles. The molecule has 1 aromatic carbocycles. The molecule has 0 amide bonds. The molecule has 2 rings (SSSR count). The molecule has 2 aromatic rings. The average Bonchev–Trinajstić information content (AvgIpc) is 2.91. The van der Waals surface area contributed by atoms with Crippen molar-refractivity contribution in [3.63, 3.8) is 0 Å². The van der Waals surface area contributed by atoms with E-state index >= 15 is 0 Å². The van der Waals surface area contributed by atoms with Crippen LogP contribution < -0.4 is 10.5 Å². The van der Waals surface area contributed by atoms with Gasteiger partial charge in [-0.3, -0.25) is 10.1 Å². The summed E-state index contributed by atoms with van der Waals surface area (Å²) in [5.74, 6) is 0.654. The SMILES string of the molecule is Nc1cc(S(=O)(=O)NCCc2ncc[nH]2)ccc1[N+](=O)[O-]. The van der Waals surface area contributed by atoms with E-state index in [1.165, 1.54) is 0 Å². The number of hydrogen-bond acceptors (Lipinski definition) is 6. The number of nitro groups is 1. The van der Waals surface area contributed by atoms with Gasteiger partial charge in [0.25, 0.3) is 5.69 Å². The van der Waals surface area contributed by atoms with Gasteiger partial charge in [0.1, 0.15) is 11.5 Å². The maximum absolute atomic E-state index is 12.0. The minimum atomic E-state index is -3.77. The summed E-state index contributed by atoms with van der Waals surface area (Å²) in [6.45, 7) is 0.146. The molecule has 10 heteroatoms. The van der Waals surface area contributed by atoms with E-state index in [1.807, 2.05) is 0 Å². The number of anilines is 1. The summed E-state index contributed by atoms with van der Waals surface area (Å²) in [6.07, 6.45) is 3.61. The van der Waals surface area contributed by atoms with Crippen molar-refractivity contribution < 1.29 is 13.3 Å². The Morgan fingerprint density at radius 3 is 2.76 bits per heavy atom. The van der Waals surface area contributed by atoms with Crippen LogP contribution in [0.4, 0.5) is 11.4 Å². The lowest BCUT2D eigenvalue weighted by Gasteiger charge is -2.07. The van der Waals surface area contributed by atoms with Gasteiger partial charge in [-0.25, -0.2) is 18.1 Å². The number of aromatic amines is 1. The molecule has 0 aliphatic heterocycles. The highest BCUT2D eigenvalue weighted by Crippen LogP contribution is 2.24. The Balaban J connectivity index is 2.08. The second-order valence-electron chi connectivity index (χ2n) is 4.16. The summed E-state index contributed by atoms with van der Waals surface area (Å²) >= 11 is 0. The van der Waals surface area contributed by atoms with Crippen LogP contribution in [0.1, 0.15) is 5.82 Å². The number of sulfonamides is 1. The average molecular weight is 311 g/mol. The van der Waals surface area contributed by atoms with E-state index in [1.54, 1.807) is 12.4 Å². The van der Waals surface area contributed by atoms with Gasteiger partial charge in [-0.2, -0.15) is 0 Å². The Morgan fingerprint density at radius 2 is 2.19 bits per heavy atom. The third kappa shape index (κ3) is 3.55.